The first-order valence-electron chi connectivity index (χ1n) is 5.69. The first-order chi connectivity index (χ1) is 6.27. The summed E-state index contributed by atoms with van der Waals surface area (Å²) >= 11 is 0. The normalized spacial score (nSPS) is 44.8. The van der Waals surface area contributed by atoms with Gasteiger partial charge in [-0.1, -0.05) is 19.8 Å². The molecule has 0 aromatic rings. The van der Waals surface area contributed by atoms with Gasteiger partial charge in [0.1, 0.15) is 0 Å². The quantitative estimate of drug-likeness (QED) is 0.695. The van der Waals surface area contributed by atoms with Gasteiger partial charge in [-0.15, -0.1) is 0 Å². The van der Waals surface area contributed by atoms with Crippen LogP contribution in [-0.2, 0) is 0 Å². The van der Waals surface area contributed by atoms with Gasteiger partial charge in [-0.2, -0.15) is 0 Å². The van der Waals surface area contributed by atoms with E-state index in [1.807, 2.05) is 0 Å². The molecule has 2 rings (SSSR count). The molecule has 2 unspecified atom stereocenters. The molecule has 76 valence electrons. The number of aliphatic hydroxyl groups is 1. The molecule has 0 amide bonds. The second-order valence-electron chi connectivity index (χ2n) is 4.84. The van der Waals surface area contributed by atoms with E-state index >= 15 is 0 Å². The minimum Gasteiger partial charge on any atom is -0.392 e. The van der Waals surface area contributed by atoms with Crippen molar-refractivity contribution in [2.45, 2.75) is 51.2 Å². The van der Waals surface area contributed by atoms with Gasteiger partial charge < -0.3 is 10.4 Å². The minimum absolute atomic E-state index is 0.0807. The molecule has 0 radical (unpaired) electrons. The number of hydrogen-bond donors (Lipinski definition) is 2. The number of hydrogen-bond acceptors (Lipinski definition) is 2. The summed E-state index contributed by atoms with van der Waals surface area (Å²) in [5, 5.41) is 13.2. The Morgan fingerprint density at radius 3 is 2.62 bits per heavy atom. The monoisotopic (exact) mass is 183 g/mol. The predicted octanol–water partition coefficient (Wildman–Crippen LogP) is 1.54. The van der Waals surface area contributed by atoms with E-state index in [1.165, 1.54) is 25.7 Å². The van der Waals surface area contributed by atoms with Crippen molar-refractivity contribution in [3.8, 4) is 0 Å². The van der Waals surface area contributed by atoms with Gasteiger partial charge in [-0.25, -0.2) is 0 Å². The predicted molar refractivity (Wildman–Crippen MR) is 53.5 cm³/mol. The molecule has 0 saturated heterocycles. The molecule has 0 aromatic carbocycles. The molecule has 0 heterocycles. The Hall–Kier alpha value is -0.0800. The van der Waals surface area contributed by atoms with Crippen LogP contribution in [0.4, 0.5) is 0 Å². The van der Waals surface area contributed by atoms with E-state index in [2.05, 4.69) is 12.2 Å². The van der Waals surface area contributed by atoms with Crippen molar-refractivity contribution in [2.24, 2.45) is 11.8 Å². The van der Waals surface area contributed by atoms with Crippen molar-refractivity contribution >= 4 is 0 Å². The molecule has 2 heteroatoms. The Morgan fingerprint density at radius 1 is 1.31 bits per heavy atom. The van der Waals surface area contributed by atoms with Crippen LogP contribution in [0.5, 0.6) is 0 Å². The highest BCUT2D eigenvalue weighted by Crippen LogP contribution is 2.37. The van der Waals surface area contributed by atoms with Gasteiger partial charge in [0.15, 0.2) is 0 Å². The molecular formula is C11H21NO. The second-order valence-corrected chi connectivity index (χ2v) is 4.84. The SMILES string of the molecule is CC1CC1CN[C@H]1CCCC[C@@H]1O. The van der Waals surface area contributed by atoms with Crippen LogP contribution in [0.3, 0.4) is 0 Å². The minimum atomic E-state index is -0.0807. The van der Waals surface area contributed by atoms with Crippen molar-refractivity contribution in [1.82, 2.24) is 5.32 Å². The molecular weight excluding hydrogens is 162 g/mol. The lowest BCUT2D eigenvalue weighted by molar-refractivity contribution is 0.0904. The lowest BCUT2D eigenvalue weighted by atomic mass is 9.92. The summed E-state index contributed by atoms with van der Waals surface area (Å²) < 4.78 is 0. The smallest absolute Gasteiger partial charge is 0.0693 e. The van der Waals surface area contributed by atoms with E-state index < -0.39 is 0 Å². The maximum atomic E-state index is 9.71. The van der Waals surface area contributed by atoms with Crippen molar-refractivity contribution in [2.75, 3.05) is 6.54 Å². The third kappa shape index (κ3) is 2.44. The van der Waals surface area contributed by atoms with E-state index in [4.69, 9.17) is 0 Å². The van der Waals surface area contributed by atoms with Crippen LogP contribution in [0.1, 0.15) is 39.0 Å². The van der Waals surface area contributed by atoms with E-state index in [0.29, 0.717) is 6.04 Å². The van der Waals surface area contributed by atoms with Crippen LogP contribution in [-0.4, -0.2) is 23.8 Å². The molecule has 2 aliphatic carbocycles. The Kier molecular flexibility index (Phi) is 2.89. The van der Waals surface area contributed by atoms with Crippen molar-refractivity contribution in [3.05, 3.63) is 0 Å². The number of rotatable bonds is 3. The highest BCUT2D eigenvalue weighted by molar-refractivity contribution is 4.87. The third-order valence-corrected chi connectivity index (χ3v) is 3.65. The summed E-state index contributed by atoms with van der Waals surface area (Å²) in [5.74, 6) is 1.82. The van der Waals surface area contributed by atoms with Crippen LogP contribution in [0.2, 0.25) is 0 Å². The summed E-state index contributed by atoms with van der Waals surface area (Å²) in [6.07, 6.45) is 5.96. The topological polar surface area (TPSA) is 32.3 Å². The standard InChI is InChI=1S/C11H21NO/c1-8-6-9(8)7-12-10-4-2-3-5-11(10)13/h8-13H,2-7H2,1H3/t8?,9?,10-,11-/m0/s1. The molecule has 4 atom stereocenters. The molecule has 0 aliphatic heterocycles. The Bertz CT molecular complexity index is 171. The van der Waals surface area contributed by atoms with E-state index in [1.54, 1.807) is 0 Å². The van der Waals surface area contributed by atoms with E-state index in [0.717, 1.165) is 24.8 Å². The molecule has 2 nitrogen and oxygen atoms in total. The van der Waals surface area contributed by atoms with E-state index in [9.17, 15) is 5.11 Å². The zero-order valence-electron chi connectivity index (χ0n) is 8.50. The van der Waals surface area contributed by atoms with E-state index in [-0.39, 0.29) is 6.10 Å². The molecule has 0 aromatic heterocycles. The summed E-state index contributed by atoms with van der Waals surface area (Å²) in [6.45, 7) is 3.44. The first kappa shape index (κ1) is 9.47. The Balaban J connectivity index is 1.67. The van der Waals surface area contributed by atoms with Crippen molar-refractivity contribution < 1.29 is 5.11 Å². The molecule has 2 saturated carbocycles. The number of nitrogens with one attached hydrogen (secondary N) is 1. The summed E-state index contributed by atoms with van der Waals surface area (Å²) in [6, 6.07) is 0.390. The lowest BCUT2D eigenvalue weighted by Crippen LogP contribution is -2.42. The van der Waals surface area contributed by atoms with Crippen LogP contribution in [0.15, 0.2) is 0 Å². The fourth-order valence-corrected chi connectivity index (χ4v) is 2.34. The zero-order valence-corrected chi connectivity index (χ0v) is 8.50. The van der Waals surface area contributed by atoms with Gasteiger partial charge in [-0.3, -0.25) is 0 Å². The van der Waals surface area contributed by atoms with Gasteiger partial charge in [-0.05, 0) is 37.6 Å². The van der Waals surface area contributed by atoms with Crippen LogP contribution in [0, 0.1) is 11.8 Å². The largest absolute Gasteiger partial charge is 0.392 e. The van der Waals surface area contributed by atoms with Gasteiger partial charge in [0.2, 0.25) is 0 Å². The average molecular weight is 183 g/mol. The van der Waals surface area contributed by atoms with Gasteiger partial charge in [0.25, 0.3) is 0 Å². The van der Waals surface area contributed by atoms with Gasteiger partial charge in [0, 0.05) is 6.04 Å². The van der Waals surface area contributed by atoms with Crippen LogP contribution >= 0.6 is 0 Å². The van der Waals surface area contributed by atoms with Crippen LogP contribution < -0.4 is 5.32 Å². The molecule has 2 N–H and O–H groups in total. The van der Waals surface area contributed by atoms with Gasteiger partial charge in [0.05, 0.1) is 6.10 Å². The number of aliphatic hydroxyl groups excluding tert-OH is 1. The fourth-order valence-electron chi connectivity index (χ4n) is 2.34. The molecule has 0 spiro atoms. The fraction of sp³-hybridized carbons (Fsp3) is 1.00. The lowest BCUT2D eigenvalue weighted by Gasteiger charge is -2.28. The van der Waals surface area contributed by atoms with Gasteiger partial charge >= 0.3 is 0 Å². The first-order valence-corrected chi connectivity index (χ1v) is 5.69. The third-order valence-electron chi connectivity index (χ3n) is 3.65. The van der Waals surface area contributed by atoms with Crippen molar-refractivity contribution in [3.63, 3.8) is 0 Å². The summed E-state index contributed by atoms with van der Waals surface area (Å²) in [4.78, 5) is 0. The Labute approximate surface area is 80.7 Å². The molecule has 0 bridgehead atoms. The summed E-state index contributed by atoms with van der Waals surface area (Å²) in [5.41, 5.74) is 0. The van der Waals surface area contributed by atoms with Crippen molar-refractivity contribution in [1.29, 1.82) is 0 Å². The maximum Gasteiger partial charge on any atom is 0.0693 e. The molecule has 2 aliphatic rings. The highest BCUT2D eigenvalue weighted by Gasteiger charge is 2.33. The van der Waals surface area contributed by atoms with Crippen LogP contribution in [0.25, 0.3) is 0 Å². The molecule has 13 heavy (non-hydrogen) atoms. The highest BCUT2D eigenvalue weighted by atomic mass is 16.3. The molecule has 2 fully saturated rings. The summed E-state index contributed by atoms with van der Waals surface area (Å²) in [7, 11) is 0. The second kappa shape index (κ2) is 3.97. The Morgan fingerprint density at radius 2 is 2.00 bits per heavy atom. The zero-order chi connectivity index (χ0) is 9.26. The maximum absolute atomic E-state index is 9.71. The average Bonchev–Trinajstić information content (AvgIpc) is 2.81.